The molecule has 1 atom stereocenters. The molecule has 0 aromatic heterocycles. The molecule has 4 nitrogen and oxygen atoms in total. The van der Waals surface area contributed by atoms with Crippen LogP contribution in [0.3, 0.4) is 0 Å². The van der Waals surface area contributed by atoms with Crippen molar-refractivity contribution in [2.24, 2.45) is 0 Å². The number of likely N-dealkylation sites (N-methyl/N-ethyl adjacent to an activating group) is 1. The van der Waals surface area contributed by atoms with Crippen molar-refractivity contribution in [3.8, 4) is 0 Å². The lowest BCUT2D eigenvalue weighted by atomic mass is 10.1. The highest BCUT2D eigenvalue weighted by Gasteiger charge is 2.27. The maximum Gasteiger partial charge on any atom is 0.242 e. The van der Waals surface area contributed by atoms with E-state index in [1.54, 1.807) is 35.8 Å². The molecule has 0 spiro atoms. The minimum absolute atomic E-state index is 0.0839. The van der Waals surface area contributed by atoms with Crippen LogP contribution >= 0.6 is 11.8 Å². The van der Waals surface area contributed by atoms with Crippen molar-refractivity contribution in [3.05, 3.63) is 65.5 Å². The van der Waals surface area contributed by atoms with Gasteiger partial charge in [-0.1, -0.05) is 36.8 Å². The maximum absolute atomic E-state index is 13.2. The first-order valence-electron chi connectivity index (χ1n) is 9.39. The van der Waals surface area contributed by atoms with Crippen molar-refractivity contribution >= 4 is 23.6 Å². The van der Waals surface area contributed by atoms with Crippen molar-refractivity contribution < 1.29 is 14.0 Å². The molecule has 1 N–H and O–H groups in total. The van der Waals surface area contributed by atoms with Crippen molar-refractivity contribution in [1.29, 1.82) is 0 Å². The molecule has 2 aromatic carbocycles. The molecule has 1 unspecified atom stereocenters. The molecule has 150 valence electrons. The first-order chi connectivity index (χ1) is 13.4. The number of thioether (sulfide) groups is 1. The van der Waals surface area contributed by atoms with Crippen LogP contribution < -0.4 is 5.32 Å². The number of amides is 2. The van der Waals surface area contributed by atoms with Gasteiger partial charge in [0, 0.05) is 30.7 Å². The lowest BCUT2D eigenvalue weighted by molar-refractivity contribution is -0.140. The molecule has 6 heteroatoms. The summed E-state index contributed by atoms with van der Waals surface area (Å²) in [6.45, 7) is 4.20. The molecule has 0 fully saturated rings. The van der Waals surface area contributed by atoms with Crippen molar-refractivity contribution in [2.75, 3.05) is 12.8 Å². The predicted octanol–water partition coefficient (Wildman–Crippen LogP) is 4.17. The number of nitrogens with zero attached hydrogens (tertiary/aromatic N) is 1. The molecule has 0 aliphatic heterocycles. The second-order valence-corrected chi connectivity index (χ2v) is 7.77. The van der Waals surface area contributed by atoms with Crippen LogP contribution in [-0.4, -0.2) is 35.6 Å². The fourth-order valence-electron chi connectivity index (χ4n) is 2.91. The average Bonchev–Trinajstić information content (AvgIpc) is 2.70. The lowest BCUT2D eigenvalue weighted by Crippen LogP contribution is -2.48. The first-order valence-corrected chi connectivity index (χ1v) is 10.4. The predicted molar refractivity (Wildman–Crippen MR) is 112 cm³/mol. The van der Waals surface area contributed by atoms with E-state index in [-0.39, 0.29) is 24.2 Å². The van der Waals surface area contributed by atoms with E-state index in [4.69, 9.17) is 0 Å². The monoisotopic (exact) mass is 402 g/mol. The minimum Gasteiger partial charge on any atom is -0.357 e. The Balaban J connectivity index is 2.07. The summed E-state index contributed by atoms with van der Waals surface area (Å²) in [4.78, 5) is 27.9. The standard InChI is InChI=1S/C22H27FN2O2S/c1-4-20(22(27)24-3)25(15-17-7-9-18(23)10-8-17)21(26)13-14-28-19-11-5-16(2)6-12-19/h5-12,20H,4,13-15H2,1-3H3,(H,24,27). The third-order valence-electron chi connectivity index (χ3n) is 4.50. The summed E-state index contributed by atoms with van der Waals surface area (Å²) in [7, 11) is 1.57. The molecule has 0 radical (unpaired) electrons. The number of nitrogens with one attached hydrogen (secondary N) is 1. The van der Waals surface area contributed by atoms with Crippen LogP contribution in [0.4, 0.5) is 4.39 Å². The maximum atomic E-state index is 13.2. The topological polar surface area (TPSA) is 49.4 Å². The number of rotatable bonds is 9. The second-order valence-electron chi connectivity index (χ2n) is 6.60. The van der Waals surface area contributed by atoms with E-state index >= 15 is 0 Å². The molecule has 0 heterocycles. The molecular weight excluding hydrogens is 375 g/mol. The number of hydrogen-bond donors (Lipinski definition) is 1. The third-order valence-corrected chi connectivity index (χ3v) is 5.52. The van der Waals surface area contributed by atoms with Crippen molar-refractivity contribution in [1.82, 2.24) is 10.2 Å². The Morgan fingerprint density at radius 2 is 1.75 bits per heavy atom. The molecule has 28 heavy (non-hydrogen) atoms. The SMILES string of the molecule is CCC(C(=O)NC)N(Cc1ccc(F)cc1)C(=O)CCSc1ccc(C)cc1. The van der Waals surface area contributed by atoms with Gasteiger partial charge in [0.15, 0.2) is 0 Å². The summed E-state index contributed by atoms with van der Waals surface area (Å²) < 4.78 is 13.2. The number of hydrogen-bond acceptors (Lipinski definition) is 3. The van der Waals surface area contributed by atoms with Gasteiger partial charge in [-0.15, -0.1) is 11.8 Å². The van der Waals surface area contributed by atoms with Crippen LogP contribution in [0.25, 0.3) is 0 Å². The van der Waals surface area contributed by atoms with Gasteiger partial charge in [-0.2, -0.15) is 0 Å². The number of aryl methyl sites for hydroxylation is 1. The van der Waals surface area contributed by atoms with E-state index in [1.165, 1.54) is 17.7 Å². The zero-order valence-electron chi connectivity index (χ0n) is 16.6. The Morgan fingerprint density at radius 3 is 2.32 bits per heavy atom. The van der Waals surface area contributed by atoms with Gasteiger partial charge in [0.25, 0.3) is 0 Å². The Kier molecular flexibility index (Phi) is 8.51. The van der Waals surface area contributed by atoms with Crippen LogP contribution in [0, 0.1) is 12.7 Å². The Hall–Kier alpha value is -2.34. The number of halogens is 1. The molecule has 0 saturated heterocycles. The fraction of sp³-hybridized carbons (Fsp3) is 0.364. The number of carbonyl (C=O) groups is 2. The smallest absolute Gasteiger partial charge is 0.242 e. The molecule has 0 aliphatic carbocycles. The Morgan fingerprint density at radius 1 is 1.11 bits per heavy atom. The fourth-order valence-corrected chi connectivity index (χ4v) is 3.75. The Bertz CT molecular complexity index is 778. The summed E-state index contributed by atoms with van der Waals surface area (Å²) in [5, 5.41) is 2.64. The summed E-state index contributed by atoms with van der Waals surface area (Å²) >= 11 is 1.62. The van der Waals surface area contributed by atoms with Gasteiger partial charge in [-0.3, -0.25) is 9.59 Å². The molecule has 0 bridgehead atoms. The van der Waals surface area contributed by atoms with Gasteiger partial charge in [0.1, 0.15) is 11.9 Å². The zero-order valence-corrected chi connectivity index (χ0v) is 17.4. The first kappa shape index (κ1) is 22.0. The van der Waals surface area contributed by atoms with E-state index < -0.39 is 6.04 Å². The second kappa shape index (κ2) is 10.9. The zero-order chi connectivity index (χ0) is 20.5. The molecule has 0 saturated carbocycles. The van der Waals surface area contributed by atoms with E-state index in [2.05, 4.69) is 5.32 Å². The van der Waals surface area contributed by atoms with E-state index in [1.807, 2.05) is 38.1 Å². The van der Waals surface area contributed by atoms with Crippen LogP contribution in [0.15, 0.2) is 53.4 Å². The normalized spacial score (nSPS) is 11.7. The van der Waals surface area contributed by atoms with Gasteiger partial charge < -0.3 is 10.2 Å². The minimum atomic E-state index is -0.549. The van der Waals surface area contributed by atoms with E-state index in [0.717, 1.165) is 10.5 Å². The van der Waals surface area contributed by atoms with Crippen molar-refractivity contribution in [2.45, 2.75) is 44.2 Å². The van der Waals surface area contributed by atoms with Crippen LogP contribution in [-0.2, 0) is 16.1 Å². The molecule has 0 aliphatic rings. The highest BCUT2D eigenvalue weighted by Crippen LogP contribution is 2.21. The average molecular weight is 403 g/mol. The van der Waals surface area contributed by atoms with Crippen LogP contribution in [0.2, 0.25) is 0 Å². The molecule has 2 amide bonds. The highest BCUT2D eigenvalue weighted by molar-refractivity contribution is 7.99. The Labute approximate surface area is 170 Å². The van der Waals surface area contributed by atoms with Crippen molar-refractivity contribution in [3.63, 3.8) is 0 Å². The van der Waals surface area contributed by atoms with Crippen LogP contribution in [0.1, 0.15) is 30.9 Å². The number of benzene rings is 2. The van der Waals surface area contributed by atoms with Gasteiger partial charge in [-0.05, 0) is 43.2 Å². The third kappa shape index (κ3) is 6.37. The lowest BCUT2D eigenvalue weighted by Gasteiger charge is -2.30. The van der Waals surface area contributed by atoms with Gasteiger partial charge in [0.2, 0.25) is 11.8 Å². The van der Waals surface area contributed by atoms with E-state index in [0.29, 0.717) is 18.6 Å². The van der Waals surface area contributed by atoms with Crippen LogP contribution in [0.5, 0.6) is 0 Å². The van der Waals surface area contributed by atoms with Gasteiger partial charge in [-0.25, -0.2) is 4.39 Å². The molecule has 2 aromatic rings. The summed E-state index contributed by atoms with van der Waals surface area (Å²) in [6.07, 6.45) is 0.838. The largest absolute Gasteiger partial charge is 0.357 e. The van der Waals surface area contributed by atoms with E-state index in [9.17, 15) is 14.0 Å². The summed E-state index contributed by atoms with van der Waals surface area (Å²) in [5.41, 5.74) is 1.99. The van der Waals surface area contributed by atoms with Gasteiger partial charge >= 0.3 is 0 Å². The summed E-state index contributed by atoms with van der Waals surface area (Å²) in [5.74, 6) is 0.0319. The molecule has 2 rings (SSSR count). The highest BCUT2D eigenvalue weighted by atomic mass is 32.2. The molecular formula is C22H27FN2O2S. The quantitative estimate of drug-likeness (QED) is 0.641. The summed E-state index contributed by atoms with van der Waals surface area (Å²) in [6, 6.07) is 13.7. The van der Waals surface area contributed by atoms with Gasteiger partial charge in [0.05, 0.1) is 0 Å². The number of carbonyl (C=O) groups excluding carboxylic acids is 2.